The van der Waals surface area contributed by atoms with E-state index < -0.39 is 23.0 Å². The van der Waals surface area contributed by atoms with Crippen molar-refractivity contribution in [2.24, 2.45) is 0 Å². The summed E-state index contributed by atoms with van der Waals surface area (Å²) in [5.41, 5.74) is 0. The van der Waals surface area contributed by atoms with Gasteiger partial charge in [-0.1, -0.05) is 0 Å². The molecule has 0 saturated carbocycles. The third kappa shape index (κ3) is 3.64. The molecule has 0 atom stereocenters. The number of hydrogen-bond donors (Lipinski definition) is 0. The minimum absolute atomic E-state index is 0.00920. The van der Waals surface area contributed by atoms with Gasteiger partial charge in [-0.25, -0.2) is 0 Å². The van der Waals surface area contributed by atoms with E-state index in [1.807, 2.05) is 0 Å². The summed E-state index contributed by atoms with van der Waals surface area (Å²) < 4.78 is 33.3. The zero-order valence-corrected chi connectivity index (χ0v) is 7.16. The number of Topliss-reactive ketones (excluding diaryl/α,β-unsaturated/α-hetero) is 1. The molecule has 0 aliphatic carbocycles. The summed E-state index contributed by atoms with van der Waals surface area (Å²) >= 11 is -0.00920. The monoisotopic (exact) mass is 168 g/mol. The van der Waals surface area contributed by atoms with Gasteiger partial charge in [0.1, 0.15) is 0 Å². The van der Waals surface area contributed by atoms with Gasteiger partial charge in [0.05, 0.1) is 6.42 Å². The minimum Gasteiger partial charge on any atom is -0.321 e. The van der Waals surface area contributed by atoms with Crippen LogP contribution in [0.25, 0.3) is 0 Å². The van der Waals surface area contributed by atoms with Gasteiger partial charge in [-0.2, -0.15) is 13.2 Å². The molecular formula is C4H4AlF3O2. The van der Waals surface area contributed by atoms with Crippen LogP contribution >= 0.6 is 0 Å². The maximum Gasteiger partial charge on any atom is 0.450 e. The van der Waals surface area contributed by atoms with Gasteiger partial charge < -0.3 is 4.79 Å². The highest BCUT2D eigenvalue weighted by atomic mass is 27.0. The number of rotatable bonds is 2. The first-order chi connectivity index (χ1) is 4.34. The summed E-state index contributed by atoms with van der Waals surface area (Å²) in [6.45, 7) is 0. The number of ketones is 1. The van der Waals surface area contributed by atoms with Gasteiger partial charge in [0.25, 0.3) is 0 Å². The number of carbonyl (C=O) groups excluding carboxylic acids is 2. The number of hydrogen-bond acceptors (Lipinski definition) is 2. The van der Waals surface area contributed by atoms with Gasteiger partial charge in [-0.15, -0.1) is 0 Å². The highest BCUT2D eigenvalue weighted by molar-refractivity contribution is 6.59. The second kappa shape index (κ2) is 3.17. The lowest BCUT2D eigenvalue weighted by Gasteiger charge is -2.01. The SMILES string of the molecule is O=[C]([AlH2])CC(=O)C(F)(F)F. The number of carbonyl (C=O) groups is 2. The summed E-state index contributed by atoms with van der Waals surface area (Å²) in [6.07, 6.45) is -5.84. The first kappa shape index (κ1) is 9.66. The molecule has 0 heterocycles. The maximum absolute atomic E-state index is 11.3. The zero-order valence-electron chi connectivity index (χ0n) is 5.16. The smallest absolute Gasteiger partial charge is 0.321 e. The molecule has 56 valence electrons. The summed E-state index contributed by atoms with van der Waals surface area (Å²) in [7, 11) is 0. The van der Waals surface area contributed by atoms with Crippen LogP contribution in [-0.4, -0.2) is 32.9 Å². The predicted octanol–water partition coefficient (Wildman–Crippen LogP) is -0.332. The summed E-state index contributed by atoms with van der Waals surface area (Å²) in [6, 6.07) is 0. The zero-order chi connectivity index (χ0) is 8.36. The molecule has 6 heteroatoms. The van der Waals surface area contributed by atoms with Crippen LogP contribution in [0.2, 0.25) is 0 Å². The van der Waals surface area contributed by atoms with Crippen molar-refractivity contribution in [3.05, 3.63) is 0 Å². The fraction of sp³-hybridized carbons (Fsp3) is 0.500. The molecule has 0 rings (SSSR count). The van der Waals surface area contributed by atoms with Gasteiger partial charge in [-0.05, 0) is 0 Å². The van der Waals surface area contributed by atoms with Crippen LogP contribution in [0.15, 0.2) is 0 Å². The maximum atomic E-state index is 11.3. The largest absolute Gasteiger partial charge is 0.450 e. The van der Waals surface area contributed by atoms with E-state index in [4.69, 9.17) is 0 Å². The standard InChI is InChI=1S/C4H2F3O2.Al.2H/c5-4(6,7)3(9)1-2-8;;;/h1H2;;;. The highest BCUT2D eigenvalue weighted by Gasteiger charge is 2.37. The highest BCUT2D eigenvalue weighted by Crippen LogP contribution is 2.17. The molecule has 0 N–H and O–H groups in total. The van der Waals surface area contributed by atoms with E-state index in [2.05, 4.69) is 0 Å². The minimum atomic E-state index is -4.85. The lowest BCUT2D eigenvalue weighted by molar-refractivity contribution is -0.171. The molecule has 0 aromatic heterocycles. The summed E-state index contributed by atoms with van der Waals surface area (Å²) in [5.74, 6) is -1.95. The Morgan fingerprint density at radius 2 is 1.70 bits per heavy atom. The van der Waals surface area contributed by atoms with Crippen molar-refractivity contribution >= 4 is 26.7 Å². The Morgan fingerprint density at radius 1 is 1.30 bits per heavy atom. The Morgan fingerprint density at radius 3 is 1.80 bits per heavy atom. The lowest BCUT2D eigenvalue weighted by Crippen LogP contribution is -2.25. The molecule has 0 spiro atoms. The molecule has 0 amide bonds. The average molecular weight is 168 g/mol. The predicted molar refractivity (Wildman–Crippen MR) is 29.2 cm³/mol. The van der Waals surface area contributed by atoms with Crippen molar-refractivity contribution in [1.29, 1.82) is 0 Å². The van der Waals surface area contributed by atoms with E-state index in [9.17, 15) is 22.8 Å². The van der Waals surface area contributed by atoms with Crippen LogP contribution in [0.1, 0.15) is 6.42 Å². The molecular weight excluding hydrogens is 164 g/mol. The van der Waals surface area contributed by atoms with Crippen molar-refractivity contribution in [3.63, 3.8) is 0 Å². The van der Waals surface area contributed by atoms with Crippen LogP contribution in [0, 0.1) is 0 Å². The van der Waals surface area contributed by atoms with Crippen molar-refractivity contribution in [2.75, 3.05) is 0 Å². The van der Waals surface area contributed by atoms with Crippen molar-refractivity contribution < 1.29 is 22.8 Å². The quantitative estimate of drug-likeness (QED) is 0.417. The van der Waals surface area contributed by atoms with E-state index in [0.29, 0.717) is 0 Å². The van der Waals surface area contributed by atoms with Crippen LogP contribution in [0.5, 0.6) is 0 Å². The van der Waals surface area contributed by atoms with E-state index in [-0.39, 0.29) is 16.3 Å². The average Bonchev–Trinajstić information content (AvgIpc) is 1.60. The summed E-state index contributed by atoms with van der Waals surface area (Å²) in [4.78, 5) is 20.0. The molecule has 2 nitrogen and oxygen atoms in total. The second-order valence-electron chi connectivity index (χ2n) is 1.80. The number of halogens is 3. The molecule has 0 saturated heterocycles. The Hall–Kier alpha value is -0.338. The topological polar surface area (TPSA) is 34.1 Å². The van der Waals surface area contributed by atoms with Gasteiger partial charge in [0, 0.05) is 4.65 Å². The summed E-state index contributed by atoms with van der Waals surface area (Å²) in [5, 5.41) is 0. The molecule has 0 radical (unpaired) electrons. The van der Waals surface area contributed by atoms with Crippen LogP contribution in [-0.2, 0) is 9.59 Å². The number of alkyl halides is 3. The van der Waals surface area contributed by atoms with Crippen molar-refractivity contribution in [3.8, 4) is 0 Å². The molecule has 0 aliphatic rings. The Balaban J connectivity index is 3.99. The molecule has 0 bridgehead atoms. The van der Waals surface area contributed by atoms with Gasteiger partial charge in [-0.3, -0.25) is 4.79 Å². The van der Waals surface area contributed by atoms with E-state index >= 15 is 0 Å². The molecule has 0 aromatic carbocycles. The van der Waals surface area contributed by atoms with E-state index in [1.54, 1.807) is 0 Å². The molecule has 10 heavy (non-hydrogen) atoms. The van der Waals surface area contributed by atoms with E-state index in [0.717, 1.165) is 0 Å². The van der Waals surface area contributed by atoms with Crippen molar-refractivity contribution in [2.45, 2.75) is 12.6 Å². The van der Waals surface area contributed by atoms with Crippen LogP contribution in [0.4, 0.5) is 13.2 Å². The van der Waals surface area contributed by atoms with Crippen molar-refractivity contribution in [1.82, 2.24) is 0 Å². The first-order valence-corrected chi connectivity index (χ1v) is 3.43. The van der Waals surface area contributed by atoms with E-state index in [1.165, 1.54) is 0 Å². The first-order valence-electron chi connectivity index (χ1n) is 2.43. The van der Waals surface area contributed by atoms with Crippen LogP contribution < -0.4 is 0 Å². The lowest BCUT2D eigenvalue weighted by atomic mass is 10.3. The Kier molecular flexibility index (Phi) is 3.06. The third-order valence-corrected chi connectivity index (χ3v) is 1.08. The fourth-order valence-electron chi connectivity index (χ4n) is 0.326. The molecule has 0 unspecified atom stereocenters. The van der Waals surface area contributed by atoms with Gasteiger partial charge in [0.15, 0.2) is 0 Å². The third-order valence-electron chi connectivity index (χ3n) is 0.726. The molecule has 0 fully saturated rings. The normalized spacial score (nSPS) is 11.1. The molecule has 0 aliphatic heterocycles. The Bertz CT molecular complexity index is 162. The van der Waals surface area contributed by atoms with Crippen LogP contribution in [0.3, 0.4) is 0 Å². The second-order valence-corrected chi connectivity index (χ2v) is 2.92. The fourth-order valence-corrected chi connectivity index (χ4v) is 0.647. The van der Waals surface area contributed by atoms with Gasteiger partial charge >= 0.3 is 22.5 Å². The Labute approximate surface area is 62.8 Å². The van der Waals surface area contributed by atoms with Gasteiger partial charge in [0.2, 0.25) is 5.78 Å². The molecule has 0 aromatic rings.